The van der Waals surface area contributed by atoms with Gasteiger partial charge in [0.2, 0.25) is 0 Å². The van der Waals surface area contributed by atoms with Gasteiger partial charge in [-0.05, 0) is 80.0 Å². The van der Waals surface area contributed by atoms with E-state index in [1.165, 1.54) is 19.4 Å². The Balaban J connectivity index is 1.39. The standard InChI is InChI=1S/C29H31N3O5/c1-5-6-20-13-18(2)25(19(3)14-20)26-23(33)15-29(16-24(26)34)9-11-32(12-10-29)28(36)31-27(35)22-8-7-21(37-4)17-30-22/h7-8,13-14,17,26H,9-12,15-16H2,1-4H3,(H,31,35,36). The van der Waals surface area contributed by atoms with E-state index in [2.05, 4.69) is 22.1 Å². The van der Waals surface area contributed by atoms with E-state index in [0.29, 0.717) is 44.5 Å². The van der Waals surface area contributed by atoms with Crippen molar-refractivity contribution in [1.82, 2.24) is 15.2 Å². The molecule has 0 radical (unpaired) electrons. The molecule has 1 saturated carbocycles. The number of ether oxygens (including phenoxy) is 1. The number of amides is 3. The number of rotatable bonds is 3. The lowest BCUT2D eigenvalue weighted by Crippen LogP contribution is -2.51. The molecule has 2 aliphatic rings. The zero-order valence-corrected chi connectivity index (χ0v) is 21.6. The molecule has 2 heterocycles. The number of hydrogen-bond donors (Lipinski definition) is 1. The molecule has 3 amide bonds. The number of Topliss-reactive ketones (excluding diaryl/α,β-unsaturated/α-hetero) is 2. The predicted molar refractivity (Wildman–Crippen MR) is 137 cm³/mol. The van der Waals surface area contributed by atoms with E-state index < -0.39 is 23.3 Å². The van der Waals surface area contributed by atoms with Gasteiger partial charge in [0.05, 0.1) is 13.3 Å². The first kappa shape index (κ1) is 26.1. The van der Waals surface area contributed by atoms with Gasteiger partial charge in [0.15, 0.2) is 0 Å². The third-order valence-corrected chi connectivity index (χ3v) is 7.43. The second-order valence-corrected chi connectivity index (χ2v) is 9.95. The first-order valence-corrected chi connectivity index (χ1v) is 12.4. The summed E-state index contributed by atoms with van der Waals surface area (Å²) in [6.07, 6.45) is 3.09. The van der Waals surface area contributed by atoms with E-state index in [0.717, 1.165) is 22.3 Å². The van der Waals surface area contributed by atoms with Crippen LogP contribution in [0.1, 0.15) is 71.3 Å². The summed E-state index contributed by atoms with van der Waals surface area (Å²) in [6.45, 7) is 6.35. The van der Waals surface area contributed by atoms with Crippen molar-refractivity contribution in [2.45, 2.75) is 52.4 Å². The van der Waals surface area contributed by atoms with Gasteiger partial charge < -0.3 is 9.64 Å². The van der Waals surface area contributed by atoms with E-state index in [1.807, 2.05) is 26.0 Å². The molecule has 1 spiro atoms. The molecule has 8 nitrogen and oxygen atoms in total. The van der Waals surface area contributed by atoms with Crippen molar-refractivity contribution < 1.29 is 23.9 Å². The number of carbonyl (C=O) groups excluding carboxylic acids is 4. The third-order valence-electron chi connectivity index (χ3n) is 7.43. The van der Waals surface area contributed by atoms with Crippen LogP contribution in [0.15, 0.2) is 30.5 Å². The maximum Gasteiger partial charge on any atom is 0.324 e. The molecule has 37 heavy (non-hydrogen) atoms. The molecule has 1 aliphatic carbocycles. The molecule has 2 fully saturated rings. The molecule has 192 valence electrons. The number of imide groups is 1. The van der Waals surface area contributed by atoms with Crippen LogP contribution in [0.25, 0.3) is 0 Å². The number of aromatic nitrogens is 1. The smallest absolute Gasteiger partial charge is 0.324 e. The highest BCUT2D eigenvalue weighted by Crippen LogP contribution is 2.46. The van der Waals surface area contributed by atoms with Gasteiger partial charge in [-0.2, -0.15) is 0 Å². The lowest BCUT2D eigenvalue weighted by Gasteiger charge is -2.44. The maximum atomic E-state index is 13.4. The summed E-state index contributed by atoms with van der Waals surface area (Å²) in [7, 11) is 1.50. The van der Waals surface area contributed by atoms with Gasteiger partial charge in [-0.3, -0.25) is 19.7 Å². The minimum Gasteiger partial charge on any atom is -0.495 e. The maximum absolute atomic E-state index is 13.4. The van der Waals surface area contributed by atoms with Crippen LogP contribution in [0.5, 0.6) is 5.75 Å². The van der Waals surface area contributed by atoms with Crippen LogP contribution in [-0.4, -0.2) is 53.6 Å². The highest BCUT2D eigenvalue weighted by molar-refractivity contribution is 6.10. The van der Waals surface area contributed by atoms with Gasteiger partial charge in [0.25, 0.3) is 5.91 Å². The van der Waals surface area contributed by atoms with Crippen molar-refractivity contribution in [2.75, 3.05) is 20.2 Å². The van der Waals surface area contributed by atoms with Crippen molar-refractivity contribution >= 4 is 23.5 Å². The van der Waals surface area contributed by atoms with Gasteiger partial charge in [0.1, 0.15) is 28.9 Å². The van der Waals surface area contributed by atoms with Crippen LogP contribution in [0.2, 0.25) is 0 Å². The molecule has 1 aromatic heterocycles. The Morgan fingerprint density at radius 3 is 2.22 bits per heavy atom. The molecule has 1 aliphatic heterocycles. The zero-order valence-electron chi connectivity index (χ0n) is 21.6. The molecule has 1 saturated heterocycles. The quantitative estimate of drug-likeness (QED) is 0.508. The molecular weight excluding hydrogens is 470 g/mol. The number of likely N-dealkylation sites (tertiary alicyclic amines) is 1. The fourth-order valence-corrected chi connectivity index (χ4v) is 5.57. The molecule has 0 atom stereocenters. The van der Waals surface area contributed by atoms with Crippen LogP contribution < -0.4 is 10.1 Å². The minimum absolute atomic E-state index is 0.0598. The predicted octanol–water partition coefficient (Wildman–Crippen LogP) is 3.73. The number of benzene rings is 1. The first-order valence-electron chi connectivity index (χ1n) is 12.4. The highest BCUT2D eigenvalue weighted by Gasteiger charge is 2.48. The number of carbonyl (C=O) groups is 4. The Morgan fingerprint density at radius 1 is 1.08 bits per heavy atom. The fourth-order valence-electron chi connectivity index (χ4n) is 5.57. The molecule has 1 N–H and O–H groups in total. The Kier molecular flexibility index (Phi) is 7.44. The number of nitrogens with one attached hydrogen (secondary N) is 1. The van der Waals surface area contributed by atoms with Crippen LogP contribution in [-0.2, 0) is 9.59 Å². The Labute approximate surface area is 216 Å². The van der Waals surface area contributed by atoms with Gasteiger partial charge in [-0.25, -0.2) is 9.78 Å². The second kappa shape index (κ2) is 10.6. The van der Waals surface area contributed by atoms with E-state index in [1.54, 1.807) is 17.9 Å². The largest absolute Gasteiger partial charge is 0.495 e. The minimum atomic E-state index is -0.745. The summed E-state index contributed by atoms with van der Waals surface area (Å²) in [5.74, 6) is 4.97. The van der Waals surface area contributed by atoms with Crippen molar-refractivity contribution in [3.63, 3.8) is 0 Å². The number of pyridine rings is 1. The van der Waals surface area contributed by atoms with Gasteiger partial charge in [0, 0.05) is 31.5 Å². The summed E-state index contributed by atoms with van der Waals surface area (Å²) >= 11 is 0. The Hall–Kier alpha value is -3.99. The zero-order chi connectivity index (χ0) is 26.7. The fraction of sp³-hybridized carbons (Fsp3) is 0.414. The summed E-state index contributed by atoms with van der Waals surface area (Å²) in [4.78, 5) is 57.4. The monoisotopic (exact) mass is 501 g/mol. The van der Waals surface area contributed by atoms with E-state index in [4.69, 9.17) is 4.74 Å². The average Bonchev–Trinajstić information content (AvgIpc) is 2.86. The van der Waals surface area contributed by atoms with Crippen molar-refractivity contribution in [3.8, 4) is 17.6 Å². The summed E-state index contributed by atoms with van der Waals surface area (Å²) in [5.41, 5.74) is 3.15. The molecular formula is C29H31N3O5. The number of nitrogens with zero attached hydrogens (tertiary/aromatic N) is 2. The van der Waals surface area contributed by atoms with Crippen LogP contribution >= 0.6 is 0 Å². The number of urea groups is 1. The second-order valence-electron chi connectivity index (χ2n) is 9.95. The van der Waals surface area contributed by atoms with Crippen LogP contribution in [0.3, 0.4) is 0 Å². The van der Waals surface area contributed by atoms with Gasteiger partial charge in [-0.15, -0.1) is 5.92 Å². The van der Waals surface area contributed by atoms with E-state index in [-0.39, 0.29) is 17.3 Å². The van der Waals surface area contributed by atoms with E-state index in [9.17, 15) is 19.2 Å². The first-order chi connectivity index (χ1) is 17.7. The number of aryl methyl sites for hydroxylation is 2. The lowest BCUT2D eigenvalue weighted by atomic mass is 9.62. The molecule has 4 rings (SSSR count). The number of methoxy groups -OCH3 is 1. The number of ketones is 2. The summed E-state index contributed by atoms with van der Waals surface area (Å²) in [5, 5.41) is 2.37. The topological polar surface area (TPSA) is 106 Å². The molecule has 8 heteroatoms. The van der Waals surface area contributed by atoms with Crippen molar-refractivity contribution in [1.29, 1.82) is 0 Å². The molecule has 0 bridgehead atoms. The van der Waals surface area contributed by atoms with Gasteiger partial charge >= 0.3 is 6.03 Å². The summed E-state index contributed by atoms with van der Waals surface area (Å²) < 4.78 is 5.03. The van der Waals surface area contributed by atoms with E-state index >= 15 is 0 Å². The number of hydrogen-bond acceptors (Lipinski definition) is 6. The SMILES string of the molecule is CC#Cc1cc(C)c(C2C(=O)CC3(CCN(C(=O)NC(=O)c4ccc(OC)cn4)CC3)CC2=O)c(C)c1. The molecule has 1 aromatic carbocycles. The molecule has 2 aromatic rings. The third kappa shape index (κ3) is 5.41. The van der Waals surface area contributed by atoms with Crippen LogP contribution in [0, 0.1) is 31.1 Å². The highest BCUT2D eigenvalue weighted by atomic mass is 16.5. The Bertz CT molecular complexity index is 1270. The van der Waals surface area contributed by atoms with Crippen molar-refractivity contribution in [3.05, 3.63) is 58.4 Å². The Morgan fingerprint density at radius 2 is 1.70 bits per heavy atom. The lowest BCUT2D eigenvalue weighted by molar-refractivity contribution is -0.138. The summed E-state index contributed by atoms with van der Waals surface area (Å²) in [6, 6.07) is 6.44. The molecule has 0 unspecified atom stereocenters. The van der Waals surface area contributed by atoms with Crippen LogP contribution in [0.4, 0.5) is 4.79 Å². The average molecular weight is 502 g/mol. The number of piperidine rings is 1. The van der Waals surface area contributed by atoms with Gasteiger partial charge in [-0.1, -0.05) is 5.92 Å². The normalized spacial score (nSPS) is 17.2. The van der Waals surface area contributed by atoms with Crippen molar-refractivity contribution in [2.24, 2.45) is 5.41 Å².